The van der Waals surface area contributed by atoms with E-state index in [2.05, 4.69) is 0 Å². The van der Waals surface area contributed by atoms with Crippen LogP contribution in [0.1, 0.15) is 16.8 Å². The molecule has 100 valence electrons. The largest absolute Gasteiger partial charge is 0.497 e. The minimum Gasteiger partial charge on any atom is -0.497 e. The number of carbonyl (C=O) groups excluding carboxylic acids is 1. The lowest BCUT2D eigenvalue weighted by Crippen LogP contribution is -2.35. The molecule has 1 aliphatic heterocycles. The summed E-state index contributed by atoms with van der Waals surface area (Å²) in [6, 6.07) is 6.88. The molecule has 0 bridgehead atoms. The van der Waals surface area contributed by atoms with Crippen LogP contribution in [0, 0.1) is 0 Å². The van der Waals surface area contributed by atoms with Crippen molar-refractivity contribution in [3.05, 3.63) is 41.5 Å². The number of aliphatic carboxylic acids is 1. The van der Waals surface area contributed by atoms with Gasteiger partial charge in [-0.1, -0.05) is 6.08 Å². The summed E-state index contributed by atoms with van der Waals surface area (Å²) in [6.07, 6.45) is 1.98. The van der Waals surface area contributed by atoms with Gasteiger partial charge in [0, 0.05) is 24.2 Å². The van der Waals surface area contributed by atoms with E-state index < -0.39 is 5.97 Å². The van der Waals surface area contributed by atoms with E-state index in [-0.39, 0.29) is 5.91 Å². The molecule has 0 saturated carbocycles. The van der Waals surface area contributed by atoms with Crippen molar-refractivity contribution in [2.45, 2.75) is 6.42 Å². The molecule has 1 aromatic rings. The number of nitrogens with zero attached hydrogens (tertiary/aromatic N) is 1. The number of amides is 1. The third-order valence-corrected chi connectivity index (χ3v) is 3.11. The molecule has 0 unspecified atom stereocenters. The molecule has 0 saturated heterocycles. The molecule has 1 aliphatic rings. The molecule has 0 fully saturated rings. The van der Waals surface area contributed by atoms with E-state index in [1.807, 2.05) is 0 Å². The van der Waals surface area contributed by atoms with Crippen LogP contribution in [0.4, 0.5) is 0 Å². The highest BCUT2D eigenvalue weighted by molar-refractivity contribution is 5.95. The van der Waals surface area contributed by atoms with Gasteiger partial charge in [-0.3, -0.25) is 4.79 Å². The van der Waals surface area contributed by atoms with Crippen LogP contribution in [0.2, 0.25) is 0 Å². The molecule has 2 rings (SSSR count). The molecule has 1 N–H and O–H groups in total. The van der Waals surface area contributed by atoms with Gasteiger partial charge in [-0.15, -0.1) is 0 Å². The van der Waals surface area contributed by atoms with Crippen molar-refractivity contribution in [3.63, 3.8) is 0 Å². The Balaban J connectivity index is 2.06. The summed E-state index contributed by atoms with van der Waals surface area (Å²) >= 11 is 0. The first-order chi connectivity index (χ1) is 9.11. The molecule has 0 radical (unpaired) electrons. The summed E-state index contributed by atoms with van der Waals surface area (Å²) in [5, 5.41) is 8.85. The van der Waals surface area contributed by atoms with E-state index in [0.29, 0.717) is 36.4 Å². The monoisotopic (exact) mass is 261 g/mol. The minimum absolute atomic E-state index is 0.0941. The van der Waals surface area contributed by atoms with Gasteiger partial charge in [0.15, 0.2) is 0 Å². The highest BCUT2D eigenvalue weighted by Gasteiger charge is 2.21. The summed E-state index contributed by atoms with van der Waals surface area (Å²) in [5.41, 5.74) is 0.951. The zero-order valence-corrected chi connectivity index (χ0v) is 10.6. The minimum atomic E-state index is -0.906. The van der Waals surface area contributed by atoms with Crippen LogP contribution in [0.5, 0.6) is 5.75 Å². The number of carboxylic acids is 1. The normalized spacial score (nSPS) is 14.8. The number of carbonyl (C=O) groups is 2. The molecule has 5 nitrogen and oxygen atoms in total. The van der Waals surface area contributed by atoms with E-state index in [1.165, 1.54) is 0 Å². The molecule has 0 aromatic heterocycles. The third kappa shape index (κ3) is 2.93. The van der Waals surface area contributed by atoms with Gasteiger partial charge >= 0.3 is 5.97 Å². The van der Waals surface area contributed by atoms with Crippen LogP contribution in [0.3, 0.4) is 0 Å². The van der Waals surface area contributed by atoms with Gasteiger partial charge in [0.25, 0.3) is 5.91 Å². The Morgan fingerprint density at radius 3 is 2.42 bits per heavy atom. The lowest BCUT2D eigenvalue weighted by molar-refractivity contribution is -0.133. The predicted octanol–water partition coefficient (Wildman–Crippen LogP) is 1.55. The van der Waals surface area contributed by atoms with Crippen LogP contribution < -0.4 is 4.74 Å². The molecule has 0 atom stereocenters. The molecule has 0 aliphatic carbocycles. The number of carboxylic acid groups (broad SMARTS) is 1. The van der Waals surface area contributed by atoms with Crippen LogP contribution >= 0.6 is 0 Å². The summed E-state index contributed by atoms with van der Waals surface area (Å²) in [6.45, 7) is 0.773. The predicted molar refractivity (Wildman–Crippen MR) is 69.2 cm³/mol. The van der Waals surface area contributed by atoms with Gasteiger partial charge in [0.1, 0.15) is 5.75 Å². The molecule has 1 heterocycles. The van der Waals surface area contributed by atoms with Crippen molar-refractivity contribution in [1.82, 2.24) is 4.90 Å². The van der Waals surface area contributed by atoms with Gasteiger partial charge < -0.3 is 14.7 Å². The van der Waals surface area contributed by atoms with E-state index in [1.54, 1.807) is 42.4 Å². The van der Waals surface area contributed by atoms with Crippen molar-refractivity contribution < 1.29 is 19.4 Å². The SMILES string of the molecule is COc1ccc(C(=O)N2CC=C(C(=O)O)CC2)cc1. The van der Waals surface area contributed by atoms with Crippen LogP contribution in [-0.2, 0) is 4.79 Å². The number of methoxy groups -OCH3 is 1. The molecular weight excluding hydrogens is 246 g/mol. The highest BCUT2D eigenvalue weighted by atomic mass is 16.5. The Morgan fingerprint density at radius 2 is 1.95 bits per heavy atom. The smallest absolute Gasteiger partial charge is 0.331 e. The van der Waals surface area contributed by atoms with Crippen LogP contribution in [-0.4, -0.2) is 42.1 Å². The number of rotatable bonds is 3. The first-order valence-corrected chi connectivity index (χ1v) is 5.97. The van der Waals surface area contributed by atoms with Gasteiger partial charge in [0.2, 0.25) is 0 Å². The molecule has 19 heavy (non-hydrogen) atoms. The number of hydrogen-bond acceptors (Lipinski definition) is 3. The summed E-state index contributed by atoms with van der Waals surface area (Å²) in [7, 11) is 1.57. The molecule has 0 spiro atoms. The lowest BCUT2D eigenvalue weighted by atomic mass is 10.1. The Kier molecular flexibility index (Phi) is 3.85. The van der Waals surface area contributed by atoms with Crippen molar-refractivity contribution in [3.8, 4) is 5.75 Å². The van der Waals surface area contributed by atoms with Crippen molar-refractivity contribution >= 4 is 11.9 Å². The van der Waals surface area contributed by atoms with E-state index >= 15 is 0 Å². The second-order valence-electron chi connectivity index (χ2n) is 4.26. The van der Waals surface area contributed by atoms with Crippen LogP contribution in [0.15, 0.2) is 35.9 Å². The highest BCUT2D eigenvalue weighted by Crippen LogP contribution is 2.16. The van der Waals surface area contributed by atoms with Crippen molar-refractivity contribution in [2.24, 2.45) is 0 Å². The fourth-order valence-corrected chi connectivity index (χ4v) is 1.96. The van der Waals surface area contributed by atoms with Gasteiger partial charge in [-0.25, -0.2) is 4.79 Å². The first-order valence-electron chi connectivity index (χ1n) is 5.97. The Bertz CT molecular complexity index is 519. The zero-order chi connectivity index (χ0) is 13.8. The fourth-order valence-electron chi connectivity index (χ4n) is 1.96. The van der Waals surface area contributed by atoms with E-state index in [0.717, 1.165) is 0 Å². The Morgan fingerprint density at radius 1 is 1.26 bits per heavy atom. The van der Waals surface area contributed by atoms with E-state index in [4.69, 9.17) is 9.84 Å². The average molecular weight is 261 g/mol. The maximum atomic E-state index is 12.2. The quantitative estimate of drug-likeness (QED) is 0.896. The number of benzene rings is 1. The Labute approximate surface area is 111 Å². The topological polar surface area (TPSA) is 66.8 Å². The molecular formula is C14H15NO4. The summed E-state index contributed by atoms with van der Waals surface area (Å²) < 4.78 is 5.04. The maximum absolute atomic E-state index is 12.2. The number of hydrogen-bond donors (Lipinski definition) is 1. The van der Waals surface area contributed by atoms with Gasteiger partial charge in [-0.05, 0) is 30.7 Å². The second-order valence-corrected chi connectivity index (χ2v) is 4.26. The molecule has 1 aromatic carbocycles. The standard InChI is InChI=1S/C14H15NO4/c1-19-12-4-2-10(3-5-12)13(16)15-8-6-11(7-9-15)14(17)18/h2-6H,7-9H2,1H3,(H,17,18). The first kappa shape index (κ1) is 13.1. The maximum Gasteiger partial charge on any atom is 0.331 e. The average Bonchev–Trinajstić information content (AvgIpc) is 2.46. The second kappa shape index (κ2) is 5.56. The number of ether oxygens (including phenoxy) is 1. The van der Waals surface area contributed by atoms with Crippen LogP contribution in [0.25, 0.3) is 0 Å². The molecule has 5 heteroatoms. The third-order valence-electron chi connectivity index (χ3n) is 3.11. The van der Waals surface area contributed by atoms with Crippen molar-refractivity contribution in [1.29, 1.82) is 0 Å². The molecule has 1 amide bonds. The fraction of sp³-hybridized carbons (Fsp3) is 0.286. The van der Waals surface area contributed by atoms with Gasteiger partial charge in [0.05, 0.1) is 7.11 Å². The van der Waals surface area contributed by atoms with Gasteiger partial charge in [-0.2, -0.15) is 0 Å². The van der Waals surface area contributed by atoms with E-state index in [9.17, 15) is 9.59 Å². The van der Waals surface area contributed by atoms with Crippen molar-refractivity contribution in [2.75, 3.05) is 20.2 Å². The lowest BCUT2D eigenvalue weighted by Gasteiger charge is -2.25. The summed E-state index contributed by atoms with van der Waals surface area (Å²) in [5.74, 6) is -0.303. The Hall–Kier alpha value is -2.30. The summed E-state index contributed by atoms with van der Waals surface area (Å²) in [4.78, 5) is 24.6. The zero-order valence-electron chi connectivity index (χ0n) is 10.6.